The number of carbonyl (C=O) groups is 1. The molecule has 1 amide bonds. The third-order valence-corrected chi connectivity index (χ3v) is 6.94. The second-order valence-electron chi connectivity index (χ2n) is 11.5. The molecule has 3 aromatic rings. The van der Waals surface area contributed by atoms with E-state index >= 15 is 0 Å². The fraction of sp³-hybridized carbons (Fsp3) is 0.448. The lowest BCUT2D eigenvalue weighted by atomic mass is 9.88. The predicted molar refractivity (Wildman–Crippen MR) is 154 cm³/mol. The van der Waals surface area contributed by atoms with Crippen molar-refractivity contribution in [3.05, 3.63) is 48.2 Å². The first-order valence-corrected chi connectivity index (χ1v) is 13.5. The van der Waals surface area contributed by atoms with Crippen LogP contribution in [0.25, 0.3) is 22.3 Å². The van der Waals surface area contributed by atoms with E-state index in [4.69, 9.17) is 14.7 Å². The second kappa shape index (κ2) is 10.6. The molecule has 0 aromatic carbocycles. The minimum absolute atomic E-state index is 0.0984. The van der Waals surface area contributed by atoms with Gasteiger partial charge in [0.15, 0.2) is 0 Å². The minimum atomic E-state index is -0.517. The van der Waals surface area contributed by atoms with E-state index < -0.39 is 5.60 Å². The van der Waals surface area contributed by atoms with Crippen LogP contribution in [0.3, 0.4) is 0 Å². The third-order valence-electron chi connectivity index (χ3n) is 6.94. The van der Waals surface area contributed by atoms with Crippen molar-refractivity contribution in [1.82, 2.24) is 29.8 Å². The van der Waals surface area contributed by atoms with E-state index in [0.717, 1.165) is 28.9 Å². The molecule has 3 aliphatic heterocycles. The smallest absolute Gasteiger partial charge is 0.410 e. The van der Waals surface area contributed by atoms with Crippen LogP contribution in [0, 0.1) is 11.3 Å². The van der Waals surface area contributed by atoms with E-state index in [1.54, 1.807) is 36.4 Å². The summed E-state index contributed by atoms with van der Waals surface area (Å²) in [5.74, 6) is 0.753. The first-order valence-electron chi connectivity index (χ1n) is 13.5. The molecule has 2 unspecified atom stereocenters. The van der Waals surface area contributed by atoms with Crippen LogP contribution in [0.1, 0.15) is 52.2 Å². The number of nitrogens with zero attached hydrogens (tertiary/aromatic N) is 8. The predicted octanol–water partition coefficient (Wildman–Crippen LogP) is 3.90. The fourth-order valence-electron chi connectivity index (χ4n) is 5.18. The highest BCUT2D eigenvalue weighted by atomic mass is 16.6. The number of pyridine rings is 1. The Bertz CT molecular complexity index is 1500. The summed E-state index contributed by atoms with van der Waals surface area (Å²) in [7, 11) is 1.73. The molecule has 0 aliphatic carbocycles. The number of hydrogen-bond acceptors (Lipinski definition) is 9. The third kappa shape index (κ3) is 5.34. The van der Waals surface area contributed by atoms with Gasteiger partial charge in [0.05, 0.1) is 47.4 Å². The van der Waals surface area contributed by atoms with Gasteiger partial charge in [-0.3, -0.25) is 14.9 Å². The van der Waals surface area contributed by atoms with Crippen LogP contribution in [-0.4, -0.2) is 80.7 Å². The van der Waals surface area contributed by atoms with Crippen LogP contribution in [0.4, 0.5) is 10.6 Å². The van der Waals surface area contributed by atoms with Crippen LogP contribution in [0.2, 0.25) is 0 Å². The van der Waals surface area contributed by atoms with E-state index in [9.17, 15) is 10.1 Å². The molecule has 208 valence electrons. The summed E-state index contributed by atoms with van der Waals surface area (Å²) in [4.78, 5) is 30.4. The zero-order chi connectivity index (χ0) is 28.6. The number of fused-ring (bicyclic) bond motifs is 3. The number of allylic oxidation sites excluding steroid dienone is 1. The zero-order valence-electron chi connectivity index (χ0n) is 23.8. The van der Waals surface area contributed by atoms with E-state index in [1.807, 2.05) is 44.1 Å². The number of aromatic nitrogens is 4. The average molecular weight is 542 g/mol. The molecule has 3 aromatic heterocycles. The highest BCUT2D eigenvalue weighted by molar-refractivity contribution is 6.10. The summed E-state index contributed by atoms with van der Waals surface area (Å²) in [5.41, 5.74) is 3.75. The molecule has 2 bridgehead atoms. The van der Waals surface area contributed by atoms with Crippen LogP contribution in [-0.2, 0) is 4.74 Å². The number of nitriles is 1. The SMILES string of the molecule is CN=CC(=CNC(C)C)c1cc(-c2cnc(N3CC4CC(C3)N4C(=O)OC(C)(C)C)cn2)c2c(C#N)cnn2c1. The Morgan fingerprint density at radius 1 is 1.23 bits per heavy atom. The molecule has 6 heterocycles. The van der Waals surface area contributed by atoms with Crippen LogP contribution in [0.15, 0.2) is 42.0 Å². The number of piperidine rings is 1. The molecular formula is C29H35N9O2. The van der Waals surface area contributed by atoms with Crippen molar-refractivity contribution in [3.8, 4) is 17.3 Å². The molecule has 1 N–H and O–H groups in total. The first kappa shape index (κ1) is 27.1. The van der Waals surface area contributed by atoms with Gasteiger partial charge in [-0.1, -0.05) is 0 Å². The number of piperazine rings is 1. The van der Waals surface area contributed by atoms with Crippen molar-refractivity contribution in [2.24, 2.45) is 4.99 Å². The summed E-state index contributed by atoms with van der Waals surface area (Å²) in [6, 6.07) is 4.69. The van der Waals surface area contributed by atoms with Crippen LogP contribution >= 0.6 is 0 Å². The lowest BCUT2D eigenvalue weighted by Gasteiger charge is -2.55. The molecule has 11 nitrogen and oxygen atoms in total. The number of hydrogen-bond donors (Lipinski definition) is 1. The Morgan fingerprint density at radius 2 is 1.98 bits per heavy atom. The van der Waals surface area contributed by atoms with Crippen LogP contribution in [0.5, 0.6) is 0 Å². The fourth-order valence-corrected chi connectivity index (χ4v) is 5.18. The lowest BCUT2D eigenvalue weighted by molar-refractivity contribution is -0.0380. The molecule has 0 saturated carbocycles. The Labute approximate surface area is 234 Å². The highest BCUT2D eigenvalue weighted by Gasteiger charge is 2.49. The summed E-state index contributed by atoms with van der Waals surface area (Å²) in [5, 5.41) is 17.5. The molecule has 2 atom stereocenters. The number of rotatable bonds is 6. The quantitative estimate of drug-likeness (QED) is 0.466. The monoisotopic (exact) mass is 541 g/mol. The maximum Gasteiger partial charge on any atom is 0.410 e. The summed E-state index contributed by atoms with van der Waals surface area (Å²) >= 11 is 0. The van der Waals surface area contributed by atoms with E-state index in [0.29, 0.717) is 29.9 Å². The normalized spacial score (nSPS) is 19.2. The summed E-state index contributed by atoms with van der Waals surface area (Å²) < 4.78 is 7.30. The van der Waals surface area contributed by atoms with Gasteiger partial charge in [0.1, 0.15) is 17.5 Å². The van der Waals surface area contributed by atoms with Gasteiger partial charge >= 0.3 is 6.09 Å². The molecule has 11 heteroatoms. The maximum absolute atomic E-state index is 12.6. The van der Waals surface area contributed by atoms with Gasteiger partial charge in [-0.25, -0.2) is 14.3 Å². The van der Waals surface area contributed by atoms with Gasteiger partial charge in [-0.15, -0.1) is 0 Å². The van der Waals surface area contributed by atoms with E-state index in [2.05, 4.69) is 40.2 Å². The molecule has 0 radical (unpaired) electrons. The van der Waals surface area contributed by atoms with Crippen molar-refractivity contribution in [1.29, 1.82) is 5.26 Å². The molecular weight excluding hydrogens is 506 g/mol. The minimum Gasteiger partial charge on any atom is -0.444 e. The molecule has 3 saturated heterocycles. The van der Waals surface area contributed by atoms with Crippen molar-refractivity contribution >= 4 is 29.2 Å². The van der Waals surface area contributed by atoms with Gasteiger partial charge in [-0.05, 0) is 47.1 Å². The van der Waals surface area contributed by atoms with Crippen molar-refractivity contribution in [2.45, 2.75) is 64.8 Å². The number of anilines is 1. The van der Waals surface area contributed by atoms with Gasteiger partial charge in [0, 0.05) is 61.5 Å². The lowest BCUT2D eigenvalue weighted by Crippen LogP contribution is -2.70. The van der Waals surface area contributed by atoms with Gasteiger partial charge in [0.2, 0.25) is 0 Å². The van der Waals surface area contributed by atoms with E-state index in [-0.39, 0.29) is 24.2 Å². The summed E-state index contributed by atoms with van der Waals surface area (Å²) in [6.07, 6.45) is 11.4. The summed E-state index contributed by atoms with van der Waals surface area (Å²) in [6.45, 7) is 11.1. The van der Waals surface area contributed by atoms with Gasteiger partial charge < -0.3 is 15.0 Å². The number of nitrogens with one attached hydrogen (secondary N) is 1. The molecule has 0 spiro atoms. The van der Waals surface area contributed by atoms with E-state index in [1.165, 1.54) is 0 Å². The standard InChI is InChI=1S/C29H35N9O2/c1-18(2)32-11-21(10-31-6)19-7-24(27-20(9-30)12-35-37(27)15-19)25-13-34-26(14-33-25)36-16-22-8-23(17-36)38(22)28(39)40-29(3,4)5/h7,10-15,18,22-23,32H,8,16-17H2,1-6H3. The van der Waals surface area contributed by atoms with Crippen molar-refractivity contribution in [3.63, 3.8) is 0 Å². The topological polar surface area (TPSA) is 124 Å². The largest absolute Gasteiger partial charge is 0.444 e. The zero-order valence-corrected chi connectivity index (χ0v) is 23.8. The molecule has 40 heavy (non-hydrogen) atoms. The molecule has 3 aliphatic rings. The Balaban J connectivity index is 1.43. The van der Waals surface area contributed by atoms with Gasteiger partial charge in [-0.2, -0.15) is 10.4 Å². The number of aliphatic imine (C=N–C) groups is 1. The first-order chi connectivity index (χ1) is 19.1. The number of amides is 1. The van der Waals surface area contributed by atoms with Crippen molar-refractivity contribution < 1.29 is 9.53 Å². The Hall–Kier alpha value is -4.46. The average Bonchev–Trinajstić information content (AvgIpc) is 3.32. The molecule has 6 rings (SSSR count). The number of ether oxygens (including phenoxy) is 1. The Morgan fingerprint density at radius 3 is 2.58 bits per heavy atom. The van der Waals surface area contributed by atoms with Crippen molar-refractivity contribution in [2.75, 3.05) is 25.0 Å². The Kier molecular flexibility index (Phi) is 7.19. The highest BCUT2D eigenvalue weighted by Crippen LogP contribution is 2.36. The number of carbonyl (C=O) groups excluding carboxylic acids is 1. The van der Waals surface area contributed by atoms with Gasteiger partial charge in [0.25, 0.3) is 0 Å². The van der Waals surface area contributed by atoms with Crippen LogP contribution < -0.4 is 10.2 Å². The molecule has 3 fully saturated rings. The maximum atomic E-state index is 12.6. The second-order valence-corrected chi connectivity index (χ2v) is 11.5.